The minimum absolute atomic E-state index is 0.0592. The second-order valence-corrected chi connectivity index (χ2v) is 14.9. The minimum atomic E-state index is -1.03. The fourth-order valence-electron chi connectivity index (χ4n) is 6.24. The lowest BCUT2D eigenvalue weighted by atomic mass is 9.84. The SMILES string of the molecule is COc1ccc(C(SCCCCCCCCCCC(=O)NCCOCCOCCNC(=O)COCCOCCOCC(=O)O)(c2ccccc2)c2ccccc2)cc1. The van der Waals surface area contributed by atoms with E-state index < -0.39 is 5.97 Å². The van der Waals surface area contributed by atoms with Gasteiger partial charge >= 0.3 is 5.97 Å². The average molecular weight is 825 g/mol. The van der Waals surface area contributed by atoms with E-state index in [1.54, 1.807) is 7.11 Å². The van der Waals surface area contributed by atoms with E-state index in [0.29, 0.717) is 45.9 Å². The van der Waals surface area contributed by atoms with Gasteiger partial charge in [0.05, 0.1) is 64.7 Å². The van der Waals surface area contributed by atoms with E-state index in [1.165, 1.54) is 42.4 Å². The maximum Gasteiger partial charge on any atom is 0.329 e. The van der Waals surface area contributed by atoms with E-state index in [2.05, 4.69) is 95.6 Å². The van der Waals surface area contributed by atoms with Gasteiger partial charge in [0.2, 0.25) is 11.8 Å². The average Bonchev–Trinajstić information content (AvgIpc) is 3.25. The van der Waals surface area contributed by atoms with Gasteiger partial charge in [-0.1, -0.05) is 111 Å². The zero-order valence-corrected chi connectivity index (χ0v) is 35.0. The Morgan fingerprint density at radius 3 is 1.52 bits per heavy atom. The molecule has 0 unspecified atom stereocenters. The number of carboxylic acid groups (broad SMARTS) is 1. The molecule has 0 heterocycles. The number of ether oxygens (including phenoxy) is 6. The van der Waals surface area contributed by atoms with Gasteiger partial charge in [0, 0.05) is 19.5 Å². The Hall–Kier alpha value is -3.98. The molecule has 0 atom stereocenters. The molecular weight excluding hydrogens is 761 g/mol. The van der Waals surface area contributed by atoms with Crippen molar-refractivity contribution in [2.24, 2.45) is 0 Å². The quantitative estimate of drug-likeness (QED) is 0.0433. The molecule has 0 saturated carbocycles. The molecule has 0 aliphatic heterocycles. The molecule has 0 aliphatic carbocycles. The zero-order chi connectivity index (χ0) is 41.4. The van der Waals surface area contributed by atoms with Crippen LogP contribution in [0.4, 0.5) is 0 Å². The number of carboxylic acids is 1. The van der Waals surface area contributed by atoms with Crippen molar-refractivity contribution in [3.8, 4) is 5.75 Å². The molecule has 12 nitrogen and oxygen atoms in total. The number of carbonyl (C=O) groups excluding carboxylic acids is 2. The van der Waals surface area contributed by atoms with Crippen LogP contribution >= 0.6 is 11.8 Å². The fraction of sp³-hybridized carbons (Fsp3) is 0.533. The van der Waals surface area contributed by atoms with Crippen LogP contribution in [-0.4, -0.2) is 115 Å². The Labute approximate surface area is 349 Å². The van der Waals surface area contributed by atoms with Gasteiger partial charge < -0.3 is 44.2 Å². The number of unbranched alkanes of at least 4 members (excludes halogenated alkanes) is 7. The molecule has 320 valence electrons. The van der Waals surface area contributed by atoms with Crippen molar-refractivity contribution in [3.63, 3.8) is 0 Å². The van der Waals surface area contributed by atoms with Gasteiger partial charge in [-0.05, 0) is 47.4 Å². The number of amides is 2. The molecule has 3 rings (SSSR count). The topological polar surface area (TPSA) is 151 Å². The standard InChI is InChI=1S/C45H64N2O10S/c1-52-41-23-21-40(22-24-41)45(38-16-10-8-11-17-38,39-18-12-9-13-19-39)58-35-15-7-5-3-2-4-6-14-20-42(48)46-25-27-53-29-30-54-28-26-47-43(49)36-56-33-31-55-32-34-57-37-44(50)51/h8-13,16-19,21-24H,2-7,14-15,20,25-37H2,1H3,(H,46,48)(H,47,49)(H,50,51). The highest BCUT2D eigenvalue weighted by atomic mass is 32.2. The predicted molar refractivity (Wildman–Crippen MR) is 228 cm³/mol. The molecule has 2 amide bonds. The highest BCUT2D eigenvalue weighted by molar-refractivity contribution is 8.00. The summed E-state index contributed by atoms with van der Waals surface area (Å²) in [4.78, 5) is 34.3. The van der Waals surface area contributed by atoms with Crippen LogP contribution in [0.1, 0.15) is 74.5 Å². The summed E-state index contributed by atoms with van der Waals surface area (Å²) in [5.74, 6) is 0.692. The van der Waals surface area contributed by atoms with Gasteiger partial charge in [-0.3, -0.25) is 9.59 Å². The van der Waals surface area contributed by atoms with Crippen molar-refractivity contribution in [2.75, 3.05) is 92.0 Å². The van der Waals surface area contributed by atoms with Crippen LogP contribution in [0.25, 0.3) is 0 Å². The molecule has 58 heavy (non-hydrogen) atoms. The highest BCUT2D eigenvalue weighted by Crippen LogP contribution is 2.49. The first-order valence-corrected chi connectivity index (χ1v) is 21.5. The highest BCUT2D eigenvalue weighted by Gasteiger charge is 2.36. The molecular formula is C45H64N2O10S. The third-order valence-corrected chi connectivity index (χ3v) is 10.8. The summed E-state index contributed by atoms with van der Waals surface area (Å²) in [5, 5.41) is 14.1. The first kappa shape index (κ1) is 48.4. The number of rotatable bonds is 35. The summed E-state index contributed by atoms with van der Waals surface area (Å²) < 4.78 is 31.4. The Kier molecular flexibility index (Phi) is 25.9. The second kappa shape index (κ2) is 31.0. The van der Waals surface area contributed by atoms with Gasteiger partial charge in [0.25, 0.3) is 0 Å². The van der Waals surface area contributed by atoms with Gasteiger partial charge in [0.15, 0.2) is 0 Å². The maximum atomic E-state index is 12.2. The van der Waals surface area contributed by atoms with E-state index in [1.807, 2.05) is 11.8 Å². The normalized spacial score (nSPS) is 11.3. The Morgan fingerprint density at radius 2 is 0.983 bits per heavy atom. The summed E-state index contributed by atoms with van der Waals surface area (Å²) in [6.45, 7) is 2.88. The largest absolute Gasteiger partial charge is 0.497 e. The Morgan fingerprint density at radius 1 is 0.534 bits per heavy atom. The zero-order valence-electron chi connectivity index (χ0n) is 34.2. The van der Waals surface area contributed by atoms with Crippen molar-refractivity contribution in [3.05, 3.63) is 102 Å². The smallest absolute Gasteiger partial charge is 0.329 e. The molecule has 0 aliphatic rings. The molecule has 0 fully saturated rings. The van der Waals surface area contributed by atoms with Gasteiger partial charge in [-0.2, -0.15) is 0 Å². The first-order chi connectivity index (χ1) is 28.5. The van der Waals surface area contributed by atoms with Crippen LogP contribution in [0.5, 0.6) is 5.75 Å². The first-order valence-electron chi connectivity index (χ1n) is 20.5. The number of hydrogen-bond donors (Lipinski definition) is 3. The molecule has 0 spiro atoms. The van der Waals surface area contributed by atoms with E-state index in [4.69, 9.17) is 33.5 Å². The lowest BCUT2D eigenvalue weighted by molar-refractivity contribution is -0.142. The van der Waals surface area contributed by atoms with Gasteiger partial charge in [-0.25, -0.2) is 4.79 Å². The minimum Gasteiger partial charge on any atom is -0.497 e. The van der Waals surface area contributed by atoms with Crippen molar-refractivity contribution in [1.82, 2.24) is 10.6 Å². The third-order valence-electron chi connectivity index (χ3n) is 9.19. The van der Waals surface area contributed by atoms with E-state index in [9.17, 15) is 14.4 Å². The summed E-state index contributed by atoms with van der Waals surface area (Å²) in [7, 11) is 1.71. The van der Waals surface area contributed by atoms with Gasteiger partial charge in [0.1, 0.15) is 19.0 Å². The summed E-state index contributed by atoms with van der Waals surface area (Å²) in [6, 6.07) is 30.2. The van der Waals surface area contributed by atoms with E-state index >= 15 is 0 Å². The predicted octanol–water partition coefficient (Wildman–Crippen LogP) is 6.63. The summed E-state index contributed by atoms with van der Waals surface area (Å²) >= 11 is 2.02. The molecule has 0 aromatic heterocycles. The summed E-state index contributed by atoms with van der Waals surface area (Å²) in [6.07, 6.45) is 9.65. The molecule has 0 bridgehead atoms. The molecule has 3 aromatic rings. The van der Waals surface area contributed by atoms with Crippen LogP contribution in [-0.2, 0) is 42.8 Å². The van der Waals surface area contributed by atoms with Crippen LogP contribution in [0, 0.1) is 0 Å². The van der Waals surface area contributed by atoms with E-state index in [-0.39, 0.29) is 56.2 Å². The fourth-order valence-corrected chi connectivity index (χ4v) is 7.81. The number of benzene rings is 3. The van der Waals surface area contributed by atoms with Crippen molar-refractivity contribution in [2.45, 2.75) is 62.5 Å². The lowest BCUT2D eigenvalue weighted by Crippen LogP contribution is -2.31. The van der Waals surface area contributed by atoms with Crippen LogP contribution in [0.15, 0.2) is 84.9 Å². The van der Waals surface area contributed by atoms with E-state index in [0.717, 1.165) is 37.2 Å². The number of thioether (sulfide) groups is 1. The maximum absolute atomic E-state index is 12.2. The van der Waals surface area contributed by atoms with Crippen molar-refractivity contribution in [1.29, 1.82) is 0 Å². The number of aliphatic carboxylic acids is 1. The second-order valence-electron chi connectivity index (χ2n) is 13.6. The third kappa shape index (κ3) is 20.1. The van der Waals surface area contributed by atoms with Gasteiger partial charge in [-0.15, -0.1) is 11.8 Å². The molecule has 0 saturated heterocycles. The molecule has 3 N–H and O–H groups in total. The van der Waals surface area contributed by atoms with Crippen molar-refractivity contribution >= 4 is 29.5 Å². The lowest BCUT2D eigenvalue weighted by Gasteiger charge is -2.35. The molecule has 3 aromatic carbocycles. The van der Waals surface area contributed by atoms with Crippen LogP contribution < -0.4 is 15.4 Å². The number of methoxy groups -OCH3 is 1. The Bertz CT molecular complexity index is 1480. The molecule has 13 heteroatoms. The number of carbonyl (C=O) groups is 3. The van der Waals surface area contributed by atoms with Crippen LogP contribution in [0.3, 0.4) is 0 Å². The summed E-state index contributed by atoms with van der Waals surface area (Å²) in [5.41, 5.74) is 3.81. The van der Waals surface area contributed by atoms with Crippen molar-refractivity contribution < 1.29 is 47.9 Å². The number of hydrogen-bond acceptors (Lipinski definition) is 10. The Balaban J connectivity index is 1.14. The molecule has 0 radical (unpaired) electrons. The van der Waals surface area contributed by atoms with Crippen LogP contribution in [0.2, 0.25) is 0 Å². The number of nitrogens with one attached hydrogen (secondary N) is 2. The monoisotopic (exact) mass is 824 g/mol.